The second-order valence-corrected chi connectivity index (χ2v) is 7.22. The van der Waals surface area contributed by atoms with Gasteiger partial charge < -0.3 is 15.4 Å². The molecule has 2 N–H and O–H groups in total. The molecule has 2 rings (SSSR count). The van der Waals surface area contributed by atoms with Gasteiger partial charge in [0.2, 0.25) is 0 Å². The molecule has 0 aromatic heterocycles. The van der Waals surface area contributed by atoms with Crippen molar-refractivity contribution < 1.29 is 19.1 Å². The highest BCUT2D eigenvalue weighted by Crippen LogP contribution is 2.23. The monoisotopic (exact) mass is 422 g/mol. The van der Waals surface area contributed by atoms with Crippen LogP contribution in [0.3, 0.4) is 0 Å². The molecule has 0 spiro atoms. The van der Waals surface area contributed by atoms with E-state index >= 15 is 0 Å². The summed E-state index contributed by atoms with van der Waals surface area (Å²) in [5.41, 5.74) is 0.835. The van der Waals surface area contributed by atoms with Crippen molar-refractivity contribution in [3.8, 4) is 0 Å². The van der Waals surface area contributed by atoms with Gasteiger partial charge >= 0.3 is 5.97 Å². The second kappa shape index (κ2) is 10.1. The topological polar surface area (TPSA) is 84.5 Å². The van der Waals surface area contributed by atoms with Crippen molar-refractivity contribution in [2.24, 2.45) is 5.92 Å². The van der Waals surface area contributed by atoms with Crippen LogP contribution in [0.5, 0.6) is 0 Å². The first kappa shape index (κ1) is 21.7. The highest BCUT2D eigenvalue weighted by atomic mass is 35.5. The summed E-state index contributed by atoms with van der Waals surface area (Å²) < 4.78 is 4.98. The van der Waals surface area contributed by atoms with E-state index < -0.39 is 18.5 Å². The lowest BCUT2D eigenvalue weighted by Crippen LogP contribution is -2.29. The van der Waals surface area contributed by atoms with E-state index in [0.717, 1.165) is 0 Å². The first-order valence-corrected chi connectivity index (χ1v) is 9.32. The van der Waals surface area contributed by atoms with Crippen molar-refractivity contribution in [3.63, 3.8) is 0 Å². The van der Waals surface area contributed by atoms with Gasteiger partial charge in [-0.15, -0.1) is 0 Å². The van der Waals surface area contributed by atoms with Gasteiger partial charge in [0.05, 0.1) is 26.9 Å². The van der Waals surface area contributed by atoms with Crippen LogP contribution < -0.4 is 10.6 Å². The largest absolute Gasteiger partial charge is 0.452 e. The summed E-state index contributed by atoms with van der Waals surface area (Å²) in [7, 11) is 0. The van der Waals surface area contributed by atoms with Gasteiger partial charge in [0.15, 0.2) is 6.61 Å². The number of esters is 1. The highest BCUT2D eigenvalue weighted by molar-refractivity contribution is 6.42. The van der Waals surface area contributed by atoms with Crippen LogP contribution in [-0.4, -0.2) is 30.9 Å². The first-order valence-electron chi connectivity index (χ1n) is 8.57. The van der Waals surface area contributed by atoms with Crippen LogP contribution in [0.1, 0.15) is 34.6 Å². The van der Waals surface area contributed by atoms with Crippen molar-refractivity contribution in [3.05, 3.63) is 63.6 Å². The third-order valence-electron chi connectivity index (χ3n) is 3.61. The Morgan fingerprint density at radius 3 is 2.43 bits per heavy atom. The van der Waals surface area contributed by atoms with Crippen molar-refractivity contribution in [1.82, 2.24) is 5.32 Å². The van der Waals surface area contributed by atoms with E-state index in [1.54, 1.807) is 24.3 Å². The Morgan fingerprint density at radius 1 is 1.04 bits per heavy atom. The smallest absolute Gasteiger partial charge is 0.338 e. The average Bonchev–Trinajstić information content (AvgIpc) is 2.66. The molecule has 148 valence electrons. The second-order valence-electron chi connectivity index (χ2n) is 6.40. The van der Waals surface area contributed by atoms with Gasteiger partial charge in [-0.1, -0.05) is 49.2 Å². The fourth-order valence-corrected chi connectivity index (χ4v) is 2.50. The number of nitrogens with one attached hydrogen (secondary N) is 2. The number of ether oxygens (including phenoxy) is 1. The molecule has 0 saturated heterocycles. The number of para-hydroxylation sites is 1. The van der Waals surface area contributed by atoms with E-state index in [-0.39, 0.29) is 16.5 Å². The molecule has 0 aliphatic carbocycles. The lowest BCUT2D eigenvalue weighted by molar-refractivity contribution is -0.119. The molecule has 0 unspecified atom stereocenters. The van der Waals surface area contributed by atoms with E-state index in [1.807, 2.05) is 13.8 Å². The quantitative estimate of drug-likeness (QED) is 0.655. The molecule has 0 atom stereocenters. The lowest BCUT2D eigenvalue weighted by Gasteiger charge is -2.12. The minimum Gasteiger partial charge on any atom is -0.452 e. The molecule has 6 nitrogen and oxygen atoms in total. The molecule has 2 aromatic rings. The van der Waals surface area contributed by atoms with Gasteiger partial charge in [-0.25, -0.2) is 4.79 Å². The minimum absolute atomic E-state index is 0.177. The fourth-order valence-electron chi connectivity index (χ4n) is 2.21. The number of carbonyl (C=O) groups excluding carboxylic acids is 3. The Kier molecular flexibility index (Phi) is 7.84. The van der Waals surface area contributed by atoms with Gasteiger partial charge in [0.1, 0.15) is 0 Å². The molecular weight excluding hydrogens is 403 g/mol. The average molecular weight is 423 g/mol. The summed E-state index contributed by atoms with van der Waals surface area (Å²) in [6.45, 7) is 3.97. The Morgan fingerprint density at radius 2 is 1.75 bits per heavy atom. The summed E-state index contributed by atoms with van der Waals surface area (Å²) in [5, 5.41) is 5.90. The van der Waals surface area contributed by atoms with E-state index in [1.165, 1.54) is 18.2 Å². The molecule has 0 heterocycles. The minimum atomic E-state index is -0.711. The number of amides is 2. The Hall–Kier alpha value is -2.57. The summed E-state index contributed by atoms with van der Waals surface area (Å²) >= 11 is 11.7. The number of benzene rings is 2. The van der Waals surface area contributed by atoms with Gasteiger partial charge in [-0.3, -0.25) is 9.59 Å². The maximum Gasteiger partial charge on any atom is 0.338 e. The van der Waals surface area contributed by atoms with Crippen molar-refractivity contribution in [2.45, 2.75) is 13.8 Å². The van der Waals surface area contributed by atoms with E-state index in [4.69, 9.17) is 27.9 Å². The van der Waals surface area contributed by atoms with Crippen LogP contribution >= 0.6 is 23.2 Å². The molecule has 8 heteroatoms. The van der Waals surface area contributed by atoms with Crippen LogP contribution in [0, 0.1) is 5.92 Å². The molecule has 0 radical (unpaired) electrons. The maximum absolute atomic E-state index is 12.3. The Labute approximate surface area is 173 Å². The van der Waals surface area contributed by atoms with Crippen molar-refractivity contribution in [1.29, 1.82) is 0 Å². The first-order chi connectivity index (χ1) is 13.3. The lowest BCUT2D eigenvalue weighted by atomic mass is 10.1. The number of hydrogen-bond donors (Lipinski definition) is 2. The number of carbonyl (C=O) groups is 3. The number of anilines is 1. The fraction of sp³-hybridized carbons (Fsp3) is 0.250. The van der Waals surface area contributed by atoms with E-state index in [0.29, 0.717) is 28.7 Å². The molecule has 0 bridgehead atoms. The molecule has 0 saturated carbocycles. The molecule has 28 heavy (non-hydrogen) atoms. The zero-order valence-corrected chi connectivity index (χ0v) is 16.9. The van der Waals surface area contributed by atoms with Crippen LogP contribution in [0.2, 0.25) is 10.0 Å². The maximum atomic E-state index is 12.3. The predicted octanol–water partition coefficient (Wildman–Crippen LogP) is 4.17. The van der Waals surface area contributed by atoms with Gasteiger partial charge in [-0.2, -0.15) is 0 Å². The summed E-state index contributed by atoms with van der Waals surface area (Å²) in [6.07, 6.45) is 0. The Bertz CT molecular complexity index is 884. The van der Waals surface area contributed by atoms with Crippen molar-refractivity contribution >= 4 is 46.7 Å². The molecule has 2 aromatic carbocycles. The Balaban J connectivity index is 1.96. The molecule has 0 fully saturated rings. The summed E-state index contributed by atoms with van der Waals surface area (Å²) in [5.74, 6) is -1.28. The zero-order chi connectivity index (χ0) is 20.7. The van der Waals surface area contributed by atoms with Gasteiger partial charge in [0.25, 0.3) is 11.8 Å². The third-order valence-corrected chi connectivity index (χ3v) is 4.35. The van der Waals surface area contributed by atoms with Crippen LogP contribution in [0.15, 0.2) is 42.5 Å². The third kappa shape index (κ3) is 6.25. The molecular formula is C20H20Cl2N2O4. The summed E-state index contributed by atoms with van der Waals surface area (Å²) in [6, 6.07) is 10.9. The number of halogens is 2. The highest BCUT2D eigenvalue weighted by Gasteiger charge is 2.15. The summed E-state index contributed by atoms with van der Waals surface area (Å²) in [4.78, 5) is 36.5. The van der Waals surface area contributed by atoms with Crippen LogP contribution in [0.25, 0.3) is 0 Å². The number of hydrogen-bond acceptors (Lipinski definition) is 4. The van der Waals surface area contributed by atoms with Crippen molar-refractivity contribution in [2.75, 3.05) is 18.5 Å². The van der Waals surface area contributed by atoms with Crippen LogP contribution in [-0.2, 0) is 9.53 Å². The molecule has 0 aliphatic rings. The molecule has 2 amide bonds. The van der Waals surface area contributed by atoms with Gasteiger partial charge in [-0.05, 0) is 36.2 Å². The predicted molar refractivity (Wildman–Crippen MR) is 109 cm³/mol. The number of rotatable bonds is 7. The standard InChI is InChI=1S/C20H20Cl2N2O4/c1-12(2)10-23-19(26)14-5-3-4-6-17(14)24-18(25)11-28-20(27)13-7-8-15(21)16(22)9-13/h3-9,12H,10-11H2,1-2H3,(H,23,26)(H,24,25). The van der Waals surface area contributed by atoms with E-state index in [2.05, 4.69) is 10.6 Å². The van der Waals surface area contributed by atoms with Gasteiger partial charge in [0, 0.05) is 6.54 Å². The normalized spacial score (nSPS) is 10.5. The van der Waals surface area contributed by atoms with E-state index in [9.17, 15) is 14.4 Å². The van der Waals surface area contributed by atoms with Crippen LogP contribution in [0.4, 0.5) is 5.69 Å². The molecule has 0 aliphatic heterocycles. The zero-order valence-electron chi connectivity index (χ0n) is 15.4. The SMILES string of the molecule is CC(C)CNC(=O)c1ccccc1NC(=O)COC(=O)c1ccc(Cl)c(Cl)c1.